The van der Waals surface area contributed by atoms with Gasteiger partial charge in [-0.1, -0.05) is 6.92 Å². The first-order chi connectivity index (χ1) is 9.65. The predicted molar refractivity (Wildman–Crippen MR) is 76.7 cm³/mol. The third-order valence-corrected chi connectivity index (χ3v) is 3.38. The maximum atomic E-state index is 5.41. The summed E-state index contributed by atoms with van der Waals surface area (Å²) in [6.45, 7) is 2.06. The van der Waals surface area contributed by atoms with Crippen LogP contribution in [0.1, 0.15) is 12.6 Å². The molecule has 3 heterocycles. The number of imidazole rings is 1. The zero-order valence-electron chi connectivity index (χ0n) is 11.4. The predicted octanol–water partition coefficient (Wildman–Crippen LogP) is 1.78. The minimum atomic E-state index is 0.474. The van der Waals surface area contributed by atoms with Crippen molar-refractivity contribution in [1.82, 2.24) is 29.3 Å². The first-order valence-corrected chi connectivity index (χ1v) is 6.59. The number of aromatic amines is 1. The van der Waals surface area contributed by atoms with E-state index >= 15 is 0 Å². The molecule has 0 bridgehead atoms. The van der Waals surface area contributed by atoms with Gasteiger partial charge in [-0.05, 0) is 18.6 Å². The second-order valence-electron chi connectivity index (χ2n) is 4.34. The van der Waals surface area contributed by atoms with Crippen LogP contribution in [0.2, 0.25) is 0 Å². The number of hydrogen-bond donors (Lipinski definition) is 1. The van der Waals surface area contributed by atoms with Crippen molar-refractivity contribution >= 4 is 23.4 Å². The van der Waals surface area contributed by atoms with Crippen molar-refractivity contribution in [3.8, 4) is 11.6 Å². The zero-order valence-corrected chi connectivity index (χ0v) is 12.2. The number of fused-ring (bicyclic) bond motifs is 1. The van der Waals surface area contributed by atoms with Crippen LogP contribution in [0.25, 0.3) is 16.9 Å². The highest BCUT2D eigenvalue weighted by atomic mass is 32.1. The van der Waals surface area contributed by atoms with Crippen molar-refractivity contribution in [3.05, 3.63) is 23.0 Å². The van der Waals surface area contributed by atoms with Gasteiger partial charge in [0, 0.05) is 13.2 Å². The summed E-state index contributed by atoms with van der Waals surface area (Å²) >= 11 is 5.41. The molecule has 0 aliphatic heterocycles. The van der Waals surface area contributed by atoms with Gasteiger partial charge in [-0.2, -0.15) is 10.1 Å². The Kier molecular flexibility index (Phi) is 3.01. The second kappa shape index (κ2) is 4.71. The van der Waals surface area contributed by atoms with E-state index in [4.69, 9.17) is 17.0 Å². The largest absolute Gasteiger partial charge is 0.479 e. The van der Waals surface area contributed by atoms with Crippen molar-refractivity contribution < 1.29 is 4.74 Å². The molecule has 20 heavy (non-hydrogen) atoms. The van der Waals surface area contributed by atoms with Gasteiger partial charge >= 0.3 is 0 Å². The van der Waals surface area contributed by atoms with Crippen molar-refractivity contribution in [3.63, 3.8) is 0 Å². The SMILES string of the molecule is CCc1nn(C)cc1-n1c(=S)[nH]c2c(OC)ncnc21. The Morgan fingerprint density at radius 1 is 1.40 bits per heavy atom. The van der Waals surface area contributed by atoms with Gasteiger partial charge in [0.25, 0.3) is 0 Å². The van der Waals surface area contributed by atoms with Crippen LogP contribution in [0.3, 0.4) is 0 Å². The highest BCUT2D eigenvalue weighted by molar-refractivity contribution is 7.71. The first kappa shape index (κ1) is 12.8. The normalized spacial score (nSPS) is 11.2. The molecule has 0 radical (unpaired) electrons. The number of aromatic nitrogens is 6. The Labute approximate surface area is 120 Å². The fraction of sp³-hybridized carbons (Fsp3) is 0.333. The van der Waals surface area contributed by atoms with Gasteiger partial charge in [0.1, 0.15) is 11.8 Å². The molecule has 0 fully saturated rings. The maximum Gasteiger partial charge on any atom is 0.242 e. The molecule has 3 rings (SSSR count). The van der Waals surface area contributed by atoms with Crippen LogP contribution in [0.5, 0.6) is 5.88 Å². The van der Waals surface area contributed by atoms with Crippen molar-refractivity contribution in [1.29, 1.82) is 0 Å². The lowest BCUT2D eigenvalue weighted by atomic mass is 10.3. The Bertz CT molecular complexity index is 830. The molecule has 0 aliphatic rings. The van der Waals surface area contributed by atoms with Crippen LogP contribution < -0.4 is 4.74 Å². The molecule has 3 aromatic heterocycles. The Morgan fingerprint density at radius 3 is 2.90 bits per heavy atom. The Balaban J connectivity index is 2.36. The molecule has 1 N–H and O–H groups in total. The van der Waals surface area contributed by atoms with Crippen LogP contribution >= 0.6 is 12.2 Å². The highest BCUT2D eigenvalue weighted by Crippen LogP contribution is 2.24. The summed E-state index contributed by atoms with van der Waals surface area (Å²) in [5.74, 6) is 0.474. The van der Waals surface area contributed by atoms with Crippen molar-refractivity contribution in [2.45, 2.75) is 13.3 Å². The van der Waals surface area contributed by atoms with E-state index < -0.39 is 0 Å². The molecule has 0 atom stereocenters. The van der Waals surface area contributed by atoms with Gasteiger partial charge in [0.05, 0.1) is 18.5 Å². The molecule has 0 saturated heterocycles. The quantitative estimate of drug-likeness (QED) is 0.744. The molecule has 0 spiro atoms. The van der Waals surface area contributed by atoms with E-state index in [1.165, 1.54) is 6.33 Å². The average Bonchev–Trinajstić information content (AvgIpc) is 2.96. The number of H-pyrrole nitrogens is 1. The number of nitrogens with zero attached hydrogens (tertiary/aromatic N) is 5. The summed E-state index contributed by atoms with van der Waals surface area (Å²) < 4.78 is 9.41. The standard InChI is InChI=1S/C12H14N6OS/c1-4-7-8(5-17(2)16-7)18-10-9(15-12(18)20)11(19-3)14-6-13-10/h5-6H,4H2,1-3H3,(H,15,20). The maximum absolute atomic E-state index is 5.41. The minimum Gasteiger partial charge on any atom is -0.479 e. The molecular weight excluding hydrogens is 276 g/mol. The fourth-order valence-corrected chi connectivity index (χ4v) is 2.52. The fourth-order valence-electron chi connectivity index (χ4n) is 2.24. The topological polar surface area (TPSA) is 73.5 Å². The summed E-state index contributed by atoms with van der Waals surface area (Å²) in [5.41, 5.74) is 3.25. The molecule has 8 heteroatoms. The lowest BCUT2D eigenvalue weighted by molar-refractivity contribution is 0.401. The van der Waals surface area contributed by atoms with E-state index in [0.717, 1.165) is 17.8 Å². The van der Waals surface area contributed by atoms with Crippen LogP contribution in [-0.2, 0) is 13.5 Å². The summed E-state index contributed by atoms with van der Waals surface area (Å²) in [4.78, 5) is 11.5. The Hall–Kier alpha value is -2.22. The van der Waals surface area contributed by atoms with Gasteiger partial charge in [-0.15, -0.1) is 0 Å². The van der Waals surface area contributed by atoms with E-state index in [1.54, 1.807) is 11.8 Å². The molecule has 0 aliphatic carbocycles. The van der Waals surface area contributed by atoms with Gasteiger partial charge in [-0.25, -0.2) is 4.98 Å². The molecule has 0 aromatic carbocycles. The van der Waals surface area contributed by atoms with Gasteiger partial charge in [0.15, 0.2) is 10.4 Å². The van der Waals surface area contributed by atoms with Crippen LogP contribution in [-0.4, -0.2) is 36.4 Å². The minimum absolute atomic E-state index is 0.474. The number of rotatable bonds is 3. The Morgan fingerprint density at radius 2 is 2.20 bits per heavy atom. The summed E-state index contributed by atoms with van der Waals surface area (Å²) in [5, 5.41) is 4.44. The number of ether oxygens (including phenoxy) is 1. The lowest BCUT2D eigenvalue weighted by Crippen LogP contribution is -1.99. The van der Waals surface area contributed by atoms with E-state index in [1.807, 2.05) is 17.8 Å². The summed E-state index contributed by atoms with van der Waals surface area (Å²) in [7, 11) is 3.45. The average molecular weight is 290 g/mol. The van der Waals surface area contributed by atoms with Crippen LogP contribution in [0.4, 0.5) is 0 Å². The smallest absolute Gasteiger partial charge is 0.242 e. The van der Waals surface area contributed by atoms with Crippen LogP contribution in [0.15, 0.2) is 12.5 Å². The van der Waals surface area contributed by atoms with Gasteiger partial charge in [-0.3, -0.25) is 9.25 Å². The van der Waals surface area contributed by atoms with E-state index in [0.29, 0.717) is 21.8 Å². The van der Waals surface area contributed by atoms with E-state index in [9.17, 15) is 0 Å². The molecular formula is C12H14N6OS. The number of nitrogens with one attached hydrogen (secondary N) is 1. The lowest BCUT2D eigenvalue weighted by Gasteiger charge is -2.03. The van der Waals surface area contributed by atoms with E-state index in [2.05, 4.69) is 27.0 Å². The summed E-state index contributed by atoms with van der Waals surface area (Å²) in [6, 6.07) is 0. The second-order valence-corrected chi connectivity index (χ2v) is 4.72. The van der Waals surface area contributed by atoms with Crippen molar-refractivity contribution in [2.24, 2.45) is 7.05 Å². The molecule has 104 valence electrons. The van der Waals surface area contributed by atoms with Crippen molar-refractivity contribution in [2.75, 3.05) is 7.11 Å². The highest BCUT2D eigenvalue weighted by Gasteiger charge is 2.16. The van der Waals surface area contributed by atoms with Crippen LogP contribution in [0, 0.1) is 4.77 Å². The molecule has 0 amide bonds. The number of hydrogen-bond acceptors (Lipinski definition) is 5. The third-order valence-electron chi connectivity index (χ3n) is 3.09. The van der Waals surface area contributed by atoms with Gasteiger partial charge < -0.3 is 9.72 Å². The molecule has 7 nitrogen and oxygen atoms in total. The van der Waals surface area contributed by atoms with E-state index in [-0.39, 0.29) is 0 Å². The molecule has 3 aromatic rings. The number of aryl methyl sites for hydroxylation is 2. The third kappa shape index (κ3) is 1.80. The molecule has 0 saturated carbocycles. The molecule has 0 unspecified atom stereocenters. The number of methoxy groups -OCH3 is 1. The first-order valence-electron chi connectivity index (χ1n) is 6.18. The van der Waals surface area contributed by atoms with Gasteiger partial charge in [0.2, 0.25) is 5.88 Å². The monoisotopic (exact) mass is 290 g/mol. The summed E-state index contributed by atoms with van der Waals surface area (Å²) in [6.07, 6.45) is 4.20. The zero-order chi connectivity index (χ0) is 14.3.